The zero-order valence-corrected chi connectivity index (χ0v) is 23.6. The van der Waals surface area contributed by atoms with Crippen LogP contribution in [-0.2, 0) is 10.0 Å². The lowest BCUT2D eigenvalue weighted by molar-refractivity contribution is 0.469. The van der Waals surface area contributed by atoms with Gasteiger partial charge in [-0.15, -0.1) is 0 Å². The predicted octanol–water partition coefficient (Wildman–Crippen LogP) is 7.26. The van der Waals surface area contributed by atoms with Crippen LogP contribution >= 0.6 is 0 Å². The highest BCUT2D eigenvalue weighted by molar-refractivity contribution is 7.92. The van der Waals surface area contributed by atoms with E-state index in [1.807, 2.05) is 91.0 Å². The molecule has 2 heterocycles. The molecule has 1 aliphatic rings. The monoisotopic (exact) mass is 575 g/mol. The third kappa shape index (κ3) is 4.95. The number of benzene rings is 5. The molecule has 42 heavy (non-hydrogen) atoms. The maximum absolute atomic E-state index is 14.2. The first-order chi connectivity index (χ1) is 20.6. The molecule has 1 saturated heterocycles. The number of fused-ring (bicyclic) bond motifs is 2. The van der Waals surface area contributed by atoms with Gasteiger partial charge in [0.25, 0.3) is 10.0 Å². The molecule has 0 unspecified atom stereocenters. The average molecular weight is 576 g/mol. The molecule has 1 aliphatic heterocycles. The van der Waals surface area contributed by atoms with E-state index in [2.05, 4.69) is 14.9 Å². The highest BCUT2D eigenvalue weighted by Crippen LogP contribution is 2.42. The number of ether oxygens (including phenoxy) is 1. The third-order valence-corrected chi connectivity index (χ3v) is 8.96. The normalized spacial score (nSPS) is 13.9. The van der Waals surface area contributed by atoms with Crippen LogP contribution in [0.4, 0.5) is 11.4 Å². The lowest BCUT2D eigenvalue weighted by atomic mass is 9.97. The highest BCUT2D eigenvalue weighted by atomic mass is 32.2. The summed E-state index contributed by atoms with van der Waals surface area (Å²) in [4.78, 5) is 2.26. The van der Waals surface area contributed by atoms with Crippen LogP contribution in [0.2, 0.25) is 0 Å². The zero-order valence-electron chi connectivity index (χ0n) is 22.8. The Hall–Kier alpha value is -4.79. The summed E-state index contributed by atoms with van der Waals surface area (Å²) in [7, 11) is -4.08. The molecule has 2 N–H and O–H groups in total. The number of hydrogen-bond acceptors (Lipinski definition) is 6. The Labute approximate surface area is 244 Å². The van der Waals surface area contributed by atoms with Gasteiger partial charge in [0.1, 0.15) is 10.6 Å². The summed E-state index contributed by atoms with van der Waals surface area (Å²) in [5, 5.41) is 6.25. The topological polar surface area (TPSA) is 83.8 Å². The minimum atomic E-state index is -4.08. The molecule has 0 bridgehead atoms. The fraction of sp³-hybridized carbons (Fsp3) is 0.118. The van der Waals surface area contributed by atoms with Crippen molar-refractivity contribution < 1.29 is 17.6 Å². The molecule has 0 saturated carbocycles. The van der Waals surface area contributed by atoms with Gasteiger partial charge < -0.3 is 19.4 Å². The van der Waals surface area contributed by atoms with E-state index in [0.717, 1.165) is 59.2 Å². The Morgan fingerprint density at radius 1 is 0.762 bits per heavy atom. The van der Waals surface area contributed by atoms with Crippen molar-refractivity contribution in [2.45, 2.75) is 4.90 Å². The van der Waals surface area contributed by atoms with Gasteiger partial charge in [-0.2, -0.15) is 0 Å². The summed E-state index contributed by atoms with van der Waals surface area (Å²) in [6, 6.07) is 34.0. The standard InChI is InChI=1S/C34H29N3O4S/c38-42(39,36-26-22-25-16-21-40-33(25)31(23-26)37-19-17-35-18-20-37)32-15-7-14-30(34(32)41-27-10-2-1-3-11-27)29-13-6-9-24-8-4-5-12-28(24)29/h1-16,21-23,35-36H,17-20H2. The van der Waals surface area contributed by atoms with Crippen molar-refractivity contribution in [1.29, 1.82) is 0 Å². The van der Waals surface area contributed by atoms with Crippen LogP contribution in [0.1, 0.15) is 0 Å². The molecule has 6 aromatic rings. The second kappa shape index (κ2) is 10.9. The first kappa shape index (κ1) is 26.1. The van der Waals surface area contributed by atoms with Gasteiger partial charge in [0.05, 0.1) is 17.6 Å². The zero-order chi connectivity index (χ0) is 28.5. The largest absolute Gasteiger partial charge is 0.462 e. The van der Waals surface area contributed by atoms with E-state index < -0.39 is 10.0 Å². The van der Waals surface area contributed by atoms with Crippen LogP contribution in [0.3, 0.4) is 0 Å². The first-order valence-electron chi connectivity index (χ1n) is 13.9. The van der Waals surface area contributed by atoms with Gasteiger partial charge in [0.15, 0.2) is 11.3 Å². The summed E-state index contributed by atoms with van der Waals surface area (Å²) in [6.45, 7) is 3.29. The van der Waals surface area contributed by atoms with Gasteiger partial charge in [-0.1, -0.05) is 72.8 Å². The SMILES string of the molecule is O=S(=O)(Nc1cc(N2CCNCC2)c2occc2c1)c1cccc(-c2cccc3ccccc23)c1Oc1ccccc1. The molecule has 5 aromatic carbocycles. The van der Waals surface area contributed by atoms with Gasteiger partial charge in [0, 0.05) is 37.1 Å². The Morgan fingerprint density at radius 3 is 2.36 bits per heavy atom. The maximum atomic E-state index is 14.2. The van der Waals surface area contributed by atoms with Crippen molar-refractivity contribution in [3.8, 4) is 22.6 Å². The molecule has 1 aromatic heterocycles. The van der Waals surface area contributed by atoms with Crippen molar-refractivity contribution in [2.75, 3.05) is 35.8 Å². The van der Waals surface area contributed by atoms with E-state index in [1.54, 1.807) is 24.5 Å². The fourth-order valence-corrected chi connectivity index (χ4v) is 6.78. The molecule has 0 amide bonds. The van der Waals surface area contributed by atoms with Crippen LogP contribution in [0.5, 0.6) is 11.5 Å². The van der Waals surface area contributed by atoms with Crippen molar-refractivity contribution in [3.63, 3.8) is 0 Å². The van der Waals surface area contributed by atoms with E-state index in [-0.39, 0.29) is 10.6 Å². The van der Waals surface area contributed by atoms with Crippen molar-refractivity contribution >= 4 is 43.1 Å². The molecule has 1 fully saturated rings. The van der Waals surface area contributed by atoms with Gasteiger partial charge in [0.2, 0.25) is 0 Å². The smallest absolute Gasteiger partial charge is 0.265 e. The van der Waals surface area contributed by atoms with Gasteiger partial charge in [-0.3, -0.25) is 4.72 Å². The number of anilines is 2. The number of nitrogens with one attached hydrogen (secondary N) is 2. The van der Waals surface area contributed by atoms with Crippen molar-refractivity contribution in [3.05, 3.63) is 115 Å². The number of piperazine rings is 1. The molecule has 0 aliphatic carbocycles. The lowest BCUT2D eigenvalue weighted by Crippen LogP contribution is -2.43. The van der Waals surface area contributed by atoms with Gasteiger partial charge in [-0.25, -0.2) is 8.42 Å². The average Bonchev–Trinajstić information content (AvgIpc) is 3.50. The molecule has 8 heteroatoms. The Balaban J connectivity index is 1.35. The highest BCUT2D eigenvalue weighted by Gasteiger charge is 2.26. The number of para-hydroxylation sites is 2. The molecular weight excluding hydrogens is 546 g/mol. The van der Waals surface area contributed by atoms with E-state index in [1.165, 1.54) is 0 Å². The van der Waals surface area contributed by atoms with E-state index in [9.17, 15) is 8.42 Å². The molecule has 7 rings (SSSR count). The number of hydrogen-bond donors (Lipinski definition) is 2. The summed E-state index contributed by atoms with van der Waals surface area (Å²) >= 11 is 0. The van der Waals surface area contributed by atoms with E-state index in [0.29, 0.717) is 17.0 Å². The number of rotatable bonds is 7. The van der Waals surface area contributed by atoms with Gasteiger partial charge >= 0.3 is 0 Å². The van der Waals surface area contributed by atoms with E-state index >= 15 is 0 Å². The van der Waals surface area contributed by atoms with Crippen molar-refractivity contribution in [2.24, 2.45) is 0 Å². The summed E-state index contributed by atoms with van der Waals surface area (Å²) in [5.74, 6) is 0.807. The molecule has 0 atom stereocenters. The quantitative estimate of drug-likeness (QED) is 0.209. The lowest BCUT2D eigenvalue weighted by Gasteiger charge is -2.29. The van der Waals surface area contributed by atoms with Crippen LogP contribution in [0.15, 0.2) is 125 Å². The number of nitrogens with zero attached hydrogens (tertiary/aromatic N) is 1. The molecule has 0 radical (unpaired) electrons. The third-order valence-electron chi connectivity index (χ3n) is 7.55. The molecule has 7 nitrogen and oxygen atoms in total. The van der Waals surface area contributed by atoms with Crippen LogP contribution in [0.25, 0.3) is 32.9 Å². The van der Waals surface area contributed by atoms with Crippen LogP contribution < -0.4 is 19.7 Å². The minimum absolute atomic E-state index is 0.0489. The maximum Gasteiger partial charge on any atom is 0.265 e. The Morgan fingerprint density at radius 2 is 1.50 bits per heavy atom. The fourth-order valence-electron chi connectivity index (χ4n) is 5.58. The molecule has 0 spiro atoms. The summed E-state index contributed by atoms with van der Waals surface area (Å²) < 4.78 is 43.4. The first-order valence-corrected chi connectivity index (χ1v) is 15.4. The Kier molecular flexibility index (Phi) is 6.77. The predicted molar refractivity (Wildman–Crippen MR) is 168 cm³/mol. The van der Waals surface area contributed by atoms with Crippen LogP contribution in [0, 0.1) is 0 Å². The summed E-state index contributed by atoms with van der Waals surface area (Å²) in [6.07, 6.45) is 1.63. The minimum Gasteiger partial charge on any atom is -0.462 e. The van der Waals surface area contributed by atoms with Crippen LogP contribution in [-0.4, -0.2) is 34.6 Å². The van der Waals surface area contributed by atoms with E-state index in [4.69, 9.17) is 9.15 Å². The molecule has 210 valence electrons. The number of sulfonamides is 1. The van der Waals surface area contributed by atoms with Gasteiger partial charge in [-0.05, 0) is 52.7 Å². The second-order valence-electron chi connectivity index (χ2n) is 10.3. The number of furan rings is 1. The Bertz CT molecular complexity index is 1990. The second-order valence-corrected chi connectivity index (χ2v) is 11.9. The van der Waals surface area contributed by atoms with Crippen molar-refractivity contribution in [1.82, 2.24) is 5.32 Å². The summed E-state index contributed by atoms with van der Waals surface area (Å²) in [5.41, 5.74) is 3.63. The molecular formula is C34H29N3O4S.